The Morgan fingerprint density at radius 2 is 1.96 bits per heavy atom. The minimum atomic E-state index is -0.193. The molecule has 2 fully saturated rings. The highest BCUT2D eigenvalue weighted by atomic mass is 16.5. The molecule has 0 aliphatic carbocycles. The molecule has 26 heavy (non-hydrogen) atoms. The van der Waals surface area contributed by atoms with Crippen LogP contribution in [0, 0.1) is 12.8 Å². The zero-order valence-electron chi connectivity index (χ0n) is 16.0. The van der Waals surface area contributed by atoms with E-state index in [2.05, 4.69) is 19.1 Å². The summed E-state index contributed by atoms with van der Waals surface area (Å²) in [7, 11) is 3.97. The number of aryl methyl sites for hydroxylation is 1. The maximum atomic E-state index is 12.6. The first kappa shape index (κ1) is 18.9. The molecule has 0 N–H and O–H groups in total. The normalized spacial score (nSPS) is 20.8. The minimum absolute atomic E-state index is 0.0954. The second-order valence-electron chi connectivity index (χ2n) is 7.65. The first-order chi connectivity index (χ1) is 12.4. The van der Waals surface area contributed by atoms with E-state index in [1.807, 2.05) is 40.9 Å². The van der Waals surface area contributed by atoms with Crippen molar-refractivity contribution < 1.29 is 14.3 Å². The number of benzene rings is 1. The van der Waals surface area contributed by atoms with E-state index < -0.39 is 0 Å². The molecule has 2 aliphatic heterocycles. The van der Waals surface area contributed by atoms with Crippen LogP contribution in [0.3, 0.4) is 0 Å². The third-order valence-electron chi connectivity index (χ3n) is 5.28. The number of carbonyl (C=O) groups is 2. The van der Waals surface area contributed by atoms with Crippen molar-refractivity contribution in [2.45, 2.75) is 26.1 Å². The van der Waals surface area contributed by atoms with E-state index in [1.165, 1.54) is 11.1 Å². The number of likely N-dealkylation sites (N-methyl/N-ethyl adjacent to an activating group) is 1. The molecule has 2 aliphatic rings. The zero-order valence-corrected chi connectivity index (χ0v) is 16.0. The van der Waals surface area contributed by atoms with Crippen LogP contribution in [0.5, 0.6) is 0 Å². The van der Waals surface area contributed by atoms with Crippen LogP contribution in [0.15, 0.2) is 24.3 Å². The number of nitrogens with zero attached hydrogens (tertiary/aromatic N) is 3. The second kappa shape index (κ2) is 8.18. The van der Waals surface area contributed by atoms with Crippen LogP contribution in [0.4, 0.5) is 0 Å². The monoisotopic (exact) mass is 359 g/mol. The molecule has 2 saturated heterocycles. The number of likely N-dealkylation sites (tertiary alicyclic amines) is 2. The van der Waals surface area contributed by atoms with E-state index >= 15 is 0 Å². The predicted molar refractivity (Wildman–Crippen MR) is 99.6 cm³/mol. The lowest BCUT2D eigenvalue weighted by molar-refractivity contribution is -0.150. The molecule has 1 aromatic rings. The Morgan fingerprint density at radius 1 is 1.23 bits per heavy atom. The molecule has 0 aromatic heterocycles. The number of hydrogen-bond donors (Lipinski definition) is 0. The number of rotatable bonds is 7. The summed E-state index contributed by atoms with van der Waals surface area (Å²) >= 11 is 0. The number of ether oxygens (including phenoxy) is 1. The molecule has 6 heteroatoms. The van der Waals surface area contributed by atoms with Gasteiger partial charge in [0, 0.05) is 39.1 Å². The summed E-state index contributed by atoms with van der Waals surface area (Å²) in [5.74, 6) is 0.00139. The lowest BCUT2D eigenvalue weighted by Crippen LogP contribution is -2.56. The SMILES string of the molecule is Cc1ccccc1COC1CN(C(=O)[C@H]2CC(=O)N(CCN(C)C)C2)C1. The molecule has 1 aromatic carbocycles. The maximum absolute atomic E-state index is 12.6. The largest absolute Gasteiger partial charge is 0.370 e. The molecular formula is C20H29N3O3. The second-order valence-corrected chi connectivity index (χ2v) is 7.65. The summed E-state index contributed by atoms with van der Waals surface area (Å²) in [6.07, 6.45) is 0.442. The third kappa shape index (κ3) is 4.43. The standard InChI is InChI=1S/C20H29N3O3/c1-15-6-4-5-7-16(15)14-26-18-12-23(13-18)20(25)17-10-19(24)22(11-17)9-8-21(2)3/h4-7,17-18H,8-14H2,1-3H3/t17-/m0/s1. The summed E-state index contributed by atoms with van der Waals surface area (Å²) in [5.41, 5.74) is 2.41. The molecule has 2 amide bonds. The Labute approximate surface area is 155 Å². The van der Waals surface area contributed by atoms with E-state index in [-0.39, 0.29) is 23.8 Å². The Balaban J connectivity index is 1.41. The zero-order chi connectivity index (χ0) is 18.7. The molecule has 3 rings (SSSR count). The highest BCUT2D eigenvalue weighted by molar-refractivity contribution is 5.89. The van der Waals surface area contributed by atoms with Gasteiger partial charge < -0.3 is 19.4 Å². The third-order valence-corrected chi connectivity index (χ3v) is 5.28. The average Bonchev–Trinajstić information content (AvgIpc) is 2.94. The van der Waals surface area contributed by atoms with E-state index in [1.54, 1.807) is 0 Å². The fourth-order valence-electron chi connectivity index (χ4n) is 3.44. The van der Waals surface area contributed by atoms with Crippen molar-refractivity contribution >= 4 is 11.8 Å². The van der Waals surface area contributed by atoms with Crippen LogP contribution < -0.4 is 0 Å². The van der Waals surface area contributed by atoms with Crippen molar-refractivity contribution in [1.29, 1.82) is 0 Å². The highest BCUT2D eigenvalue weighted by Crippen LogP contribution is 2.24. The topological polar surface area (TPSA) is 53.1 Å². The lowest BCUT2D eigenvalue weighted by atomic mass is 10.0. The minimum Gasteiger partial charge on any atom is -0.370 e. The van der Waals surface area contributed by atoms with Crippen LogP contribution >= 0.6 is 0 Å². The van der Waals surface area contributed by atoms with E-state index in [0.717, 1.165) is 6.54 Å². The summed E-state index contributed by atoms with van der Waals surface area (Å²) in [6, 6.07) is 8.19. The summed E-state index contributed by atoms with van der Waals surface area (Å²) in [4.78, 5) is 30.4. The van der Waals surface area contributed by atoms with Gasteiger partial charge in [-0.25, -0.2) is 0 Å². The maximum Gasteiger partial charge on any atom is 0.228 e. The number of carbonyl (C=O) groups excluding carboxylic acids is 2. The van der Waals surface area contributed by atoms with Crippen molar-refractivity contribution in [3.63, 3.8) is 0 Å². The molecule has 0 spiro atoms. The fraction of sp³-hybridized carbons (Fsp3) is 0.600. The quantitative estimate of drug-likeness (QED) is 0.732. The van der Waals surface area contributed by atoms with Crippen LogP contribution in [-0.2, 0) is 20.9 Å². The van der Waals surface area contributed by atoms with Gasteiger partial charge in [-0.05, 0) is 32.1 Å². The van der Waals surface area contributed by atoms with Crippen molar-refractivity contribution in [1.82, 2.24) is 14.7 Å². The Kier molecular flexibility index (Phi) is 5.94. The van der Waals surface area contributed by atoms with Gasteiger partial charge in [-0.2, -0.15) is 0 Å². The Bertz CT molecular complexity index is 655. The molecule has 0 bridgehead atoms. The van der Waals surface area contributed by atoms with Crippen molar-refractivity contribution in [2.24, 2.45) is 5.92 Å². The predicted octanol–water partition coefficient (Wildman–Crippen LogP) is 1.13. The van der Waals surface area contributed by atoms with Gasteiger partial charge in [0.15, 0.2) is 0 Å². The number of amides is 2. The van der Waals surface area contributed by atoms with Gasteiger partial charge >= 0.3 is 0 Å². The summed E-state index contributed by atoms with van der Waals surface area (Å²) < 4.78 is 5.92. The van der Waals surface area contributed by atoms with E-state index in [9.17, 15) is 9.59 Å². The van der Waals surface area contributed by atoms with Gasteiger partial charge in [0.25, 0.3) is 0 Å². The van der Waals surface area contributed by atoms with Gasteiger partial charge in [-0.15, -0.1) is 0 Å². The summed E-state index contributed by atoms with van der Waals surface area (Å²) in [5, 5.41) is 0. The van der Waals surface area contributed by atoms with E-state index in [0.29, 0.717) is 39.2 Å². The van der Waals surface area contributed by atoms with Crippen LogP contribution in [0.25, 0.3) is 0 Å². The average molecular weight is 359 g/mol. The van der Waals surface area contributed by atoms with Crippen molar-refractivity contribution in [2.75, 3.05) is 46.8 Å². The van der Waals surface area contributed by atoms with Gasteiger partial charge in [-0.3, -0.25) is 9.59 Å². The molecule has 142 valence electrons. The molecule has 2 heterocycles. The molecule has 1 atom stereocenters. The first-order valence-corrected chi connectivity index (χ1v) is 9.31. The van der Waals surface area contributed by atoms with Gasteiger partial charge in [0.1, 0.15) is 0 Å². The van der Waals surface area contributed by atoms with Crippen LogP contribution in [-0.4, -0.2) is 79.4 Å². The highest BCUT2D eigenvalue weighted by Gasteiger charge is 2.40. The van der Waals surface area contributed by atoms with Gasteiger partial charge in [0.2, 0.25) is 11.8 Å². The smallest absolute Gasteiger partial charge is 0.228 e. The molecule has 0 saturated carbocycles. The summed E-state index contributed by atoms with van der Waals surface area (Å²) in [6.45, 7) is 5.99. The first-order valence-electron chi connectivity index (χ1n) is 9.31. The van der Waals surface area contributed by atoms with E-state index in [4.69, 9.17) is 4.74 Å². The fourth-order valence-corrected chi connectivity index (χ4v) is 3.44. The van der Waals surface area contributed by atoms with Crippen molar-refractivity contribution in [3.05, 3.63) is 35.4 Å². The Morgan fingerprint density at radius 3 is 2.65 bits per heavy atom. The Hall–Kier alpha value is -1.92. The number of hydrogen-bond acceptors (Lipinski definition) is 4. The van der Waals surface area contributed by atoms with Crippen molar-refractivity contribution in [3.8, 4) is 0 Å². The lowest BCUT2D eigenvalue weighted by Gasteiger charge is -2.40. The van der Waals surface area contributed by atoms with Crippen LogP contribution in [0.1, 0.15) is 17.5 Å². The molecule has 6 nitrogen and oxygen atoms in total. The molecule has 0 radical (unpaired) electrons. The van der Waals surface area contributed by atoms with Crippen LogP contribution in [0.2, 0.25) is 0 Å². The molecular weight excluding hydrogens is 330 g/mol. The molecule has 0 unspecified atom stereocenters. The van der Waals surface area contributed by atoms with Gasteiger partial charge in [-0.1, -0.05) is 24.3 Å². The van der Waals surface area contributed by atoms with Gasteiger partial charge in [0.05, 0.1) is 18.6 Å².